The molecule has 92 heavy (non-hydrogen) atoms. The Labute approximate surface area is 546 Å². The number of carbonyl (C=O) groups excluding carboxylic acids is 4. The van der Waals surface area contributed by atoms with Gasteiger partial charge in [0.2, 0.25) is 5.91 Å². The van der Waals surface area contributed by atoms with Gasteiger partial charge in [-0.15, -0.1) is 5.54 Å². The molecule has 1 N–H and O–H groups in total. The SMILES string of the molecule is COCOc1cc(-c2ncc3c(N4CC5CCC(C4)N5C(=O)OC(C)(C)C)nc(OCC4(CN5CCN(CCCCC6CCN(C(=O)c7ccc(Cl)c(N8CCC(=O)NC8=O)c7)CC6)CC5)CC4)nc3c2F)c2c(C#C[Si](C(C)C)(C(C)C)C(C)C)c(F)ccc2c1. The third kappa shape index (κ3) is 14.3. The summed E-state index contributed by atoms with van der Waals surface area (Å²) >= 11 is 6.46. The largest absolute Gasteiger partial charge is 0.468 e. The Balaban J connectivity index is 0.771. The van der Waals surface area contributed by atoms with Crippen molar-refractivity contribution in [2.75, 3.05) is 102 Å². The minimum absolute atomic E-state index is 0.0136. The number of carbonyl (C=O) groups is 4. The molecule has 2 bridgehead atoms. The van der Waals surface area contributed by atoms with Crippen molar-refractivity contribution in [3.8, 4) is 34.5 Å². The van der Waals surface area contributed by atoms with Crippen LogP contribution in [0.2, 0.25) is 21.6 Å². The smallest absolute Gasteiger partial charge is 0.410 e. The molecule has 2 unspecified atom stereocenters. The van der Waals surface area contributed by atoms with E-state index in [0.29, 0.717) is 105 Å². The molecule has 5 saturated heterocycles. The Morgan fingerprint density at radius 3 is 2.20 bits per heavy atom. The van der Waals surface area contributed by atoms with Gasteiger partial charge in [-0.3, -0.25) is 29.7 Å². The number of unbranched alkanes of at least 4 members (excludes halogenated alkanes) is 1. The van der Waals surface area contributed by atoms with Crippen LogP contribution in [0.25, 0.3) is 32.9 Å². The zero-order chi connectivity index (χ0) is 65.4. The van der Waals surface area contributed by atoms with Crippen LogP contribution in [0.3, 0.4) is 0 Å². The number of nitrogens with zero attached hydrogens (tertiary/aromatic N) is 9. The number of imide groups is 1. The fraction of sp³-hybridized carbons (Fsp3) is 0.586. The summed E-state index contributed by atoms with van der Waals surface area (Å²) in [6, 6.07) is 10.7. The lowest BCUT2D eigenvalue weighted by Crippen LogP contribution is -2.57. The Morgan fingerprint density at radius 2 is 1.54 bits per heavy atom. The Kier molecular flexibility index (Phi) is 20.1. The first-order valence-corrected chi connectivity index (χ1v) is 35.9. The molecule has 0 spiro atoms. The monoisotopic (exact) mass is 1300 g/mol. The molecule has 7 heterocycles. The summed E-state index contributed by atoms with van der Waals surface area (Å²) in [6.07, 6.45) is 10.2. The fourth-order valence-electron chi connectivity index (χ4n) is 15.2. The highest BCUT2D eigenvalue weighted by molar-refractivity contribution is 6.90. The molecule has 1 saturated carbocycles. The van der Waals surface area contributed by atoms with Crippen LogP contribution < -0.4 is 24.6 Å². The maximum absolute atomic E-state index is 18.3. The van der Waals surface area contributed by atoms with E-state index in [0.717, 1.165) is 97.1 Å². The van der Waals surface area contributed by atoms with E-state index in [2.05, 4.69) is 73.0 Å². The van der Waals surface area contributed by atoms with E-state index in [1.807, 2.05) is 30.6 Å². The third-order valence-corrected chi connectivity index (χ3v) is 26.8. The van der Waals surface area contributed by atoms with Crippen molar-refractivity contribution >= 4 is 76.8 Å². The number of methoxy groups -OCH3 is 1. The summed E-state index contributed by atoms with van der Waals surface area (Å²) in [4.78, 5) is 78.8. The lowest BCUT2D eigenvalue weighted by Gasteiger charge is -2.42. The predicted octanol–water partition coefficient (Wildman–Crippen LogP) is 12.9. The molecule has 11 rings (SSSR count). The van der Waals surface area contributed by atoms with E-state index in [1.54, 1.807) is 42.6 Å². The van der Waals surface area contributed by atoms with Crippen molar-refractivity contribution in [2.45, 2.75) is 161 Å². The van der Waals surface area contributed by atoms with Crippen LogP contribution in [0.15, 0.2) is 48.7 Å². The highest BCUT2D eigenvalue weighted by Crippen LogP contribution is 2.48. The number of pyridine rings is 1. The molecular weight excluding hydrogens is 1210 g/mol. The average molecular weight is 1300 g/mol. The summed E-state index contributed by atoms with van der Waals surface area (Å²) < 4.78 is 58.8. The zero-order valence-corrected chi connectivity index (χ0v) is 57.0. The Morgan fingerprint density at radius 1 is 0.848 bits per heavy atom. The topological polar surface area (TPSA) is 175 Å². The summed E-state index contributed by atoms with van der Waals surface area (Å²) in [5.74, 6) is 3.15. The number of hydrogen-bond acceptors (Lipinski definition) is 14. The molecule has 1 aliphatic carbocycles. The fourth-order valence-corrected chi connectivity index (χ4v) is 20.6. The number of piperazine rings is 2. The van der Waals surface area contributed by atoms with E-state index in [9.17, 15) is 19.2 Å². The number of fused-ring (bicyclic) bond motifs is 4. The molecule has 5 amide bonds. The lowest BCUT2D eigenvalue weighted by molar-refractivity contribution is -0.120. The van der Waals surface area contributed by atoms with Crippen LogP contribution in [0, 0.1) is 34.4 Å². The number of ether oxygens (including phenoxy) is 4. The van der Waals surface area contributed by atoms with Crippen LogP contribution in [0.1, 0.15) is 142 Å². The zero-order valence-electron chi connectivity index (χ0n) is 55.3. The first kappa shape index (κ1) is 66.7. The molecule has 0 radical (unpaired) electrons. The number of benzene rings is 3. The number of halogens is 3. The number of urea groups is 1. The van der Waals surface area contributed by atoms with Crippen molar-refractivity contribution in [3.05, 3.63) is 76.4 Å². The van der Waals surface area contributed by atoms with Gasteiger partial charge in [-0.2, -0.15) is 9.97 Å². The van der Waals surface area contributed by atoms with Gasteiger partial charge in [0.25, 0.3) is 5.91 Å². The molecule has 5 aliphatic heterocycles. The van der Waals surface area contributed by atoms with Crippen LogP contribution in [0.4, 0.5) is 29.9 Å². The number of nitrogens with one attached hydrogen (secondary N) is 1. The second-order valence-corrected chi connectivity index (χ2v) is 34.4. The average Bonchev–Trinajstić information content (AvgIpc) is 0.816. The maximum Gasteiger partial charge on any atom is 0.410 e. The predicted molar refractivity (Wildman–Crippen MR) is 357 cm³/mol. The van der Waals surface area contributed by atoms with Crippen LogP contribution >= 0.6 is 11.6 Å². The molecule has 5 aromatic rings. The van der Waals surface area contributed by atoms with Crippen molar-refractivity contribution in [3.63, 3.8) is 0 Å². The van der Waals surface area contributed by atoms with Crippen molar-refractivity contribution in [2.24, 2.45) is 11.3 Å². The molecule has 18 nitrogen and oxygen atoms in total. The van der Waals surface area contributed by atoms with Gasteiger partial charge in [-0.05, 0) is 137 Å². The number of anilines is 2. The van der Waals surface area contributed by atoms with Gasteiger partial charge >= 0.3 is 18.1 Å². The van der Waals surface area contributed by atoms with Crippen molar-refractivity contribution in [1.29, 1.82) is 0 Å². The molecular formula is C70H91ClF2N10O8Si. The van der Waals surface area contributed by atoms with Crippen LogP contribution in [-0.2, 0) is 14.3 Å². The number of hydrogen-bond donors (Lipinski definition) is 1. The number of piperidine rings is 1. The summed E-state index contributed by atoms with van der Waals surface area (Å²) in [5, 5.41) is 4.09. The minimum Gasteiger partial charge on any atom is -0.468 e. The summed E-state index contributed by atoms with van der Waals surface area (Å²) in [6.45, 7) is 27.4. The second-order valence-electron chi connectivity index (χ2n) is 28.4. The quantitative estimate of drug-likeness (QED) is 0.0337. The normalized spacial score (nSPS) is 20.0. The standard InChI is InChI=1S/C70H91ClF2N10O8Si/c1-44(2)92(45(3)4,46(5)6)34-23-53-57(72)19-15-48-35-52(90-43-88-10)37-54(60(48)53)62-61(73)63-55(38-74-62)64(81-39-50-16-17-51(40-81)83(50)68(87)91-69(7,8)9)77-66(76-63)89-42-70(24-25-70)41-79-32-30-78(31-33-79)26-12-11-13-47-20-27-80(28-21-47)65(85)49-14-18-56(71)58(36-49)82-29-22-59(84)75-67(82)86/h14-15,18-19,35-38,44-47,50-51H,11-13,16-17,20-22,24-33,39-43H2,1-10H3,(H,75,84,86). The minimum atomic E-state index is -2.36. The maximum atomic E-state index is 18.3. The third-order valence-electron chi connectivity index (χ3n) is 20.2. The second kappa shape index (κ2) is 27.7. The molecule has 494 valence electrons. The van der Waals surface area contributed by atoms with Gasteiger partial charge in [-0.1, -0.05) is 78.0 Å². The number of amides is 5. The molecule has 22 heteroatoms. The van der Waals surface area contributed by atoms with Gasteiger partial charge in [0, 0.05) is 107 Å². The molecule has 2 aromatic heterocycles. The number of likely N-dealkylation sites (tertiary alicyclic amines) is 1. The van der Waals surface area contributed by atoms with Gasteiger partial charge in [0.05, 0.1) is 40.4 Å². The van der Waals surface area contributed by atoms with Gasteiger partial charge in [-0.25, -0.2) is 18.4 Å². The van der Waals surface area contributed by atoms with E-state index in [-0.39, 0.29) is 77.9 Å². The Bertz CT molecular complexity index is 3610. The number of rotatable bonds is 20. The van der Waals surface area contributed by atoms with Crippen LogP contribution in [0.5, 0.6) is 11.8 Å². The summed E-state index contributed by atoms with van der Waals surface area (Å²) in [7, 11) is -0.833. The first-order valence-electron chi connectivity index (χ1n) is 33.3. The van der Waals surface area contributed by atoms with Crippen LogP contribution in [-0.4, -0.2) is 177 Å². The van der Waals surface area contributed by atoms with Gasteiger partial charge < -0.3 is 38.5 Å². The molecule has 6 fully saturated rings. The molecule has 6 aliphatic rings. The van der Waals surface area contributed by atoms with Gasteiger partial charge in [0.1, 0.15) is 42.3 Å². The molecule has 2 atom stereocenters. The highest BCUT2D eigenvalue weighted by atomic mass is 35.5. The summed E-state index contributed by atoms with van der Waals surface area (Å²) in [5.41, 5.74) is 5.16. The van der Waals surface area contributed by atoms with E-state index in [4.69, 9.17) is 45.5 Å². The van der Waals surface area contributed by atoms with Crippen molar-refractivity contribution in [1.82, 2.24) is 39.9 Å². The highest BCUT2D eigenvalue weighted by Gasteiger charge is 2.48. The Hall–Kier alpha value is -6.70. The van der Waals surface area contributed by atoms with Gasteiger partial charge in [0.15, 0.2) is 12.6 Å². The first-order chi connectivity index (χ1) is 43.9. The van der Waals surface area contributed by atoms with E-state index >= 15 is 8.78 Å². The van der Waals surface area contributed by atoms with E-state index in [1.165, 1.54) is 18.1 Å². The lowest BCUT2D eigenvalue weighted by atomic mass is 9.91. The number of aromatic nitrogens is 3. The van der Waals surface area contributed by atoms with E-state index < -0.39 is 31.3 Å². The van der Waals surface area contributed by atoms with Crippen molar-refractivity contribution < 1.29 is 46.9 Å². The molecule has 3 aromatic carbocycles.